The van der Waals surface area contributed by atoms with Gasteiger partial charge in [-0.1, -0.05) is 11.6 Å². The van der Waals surface area contributed by atoms with Gasteiger partial charge in [0.1, 0.15) is 12.0 Å². The molecule has 3 aliphatic heterocycles. The molecule has 1 amide bonds. The van der Waals surface area contributed by atoms with Crippen LogP contribution in [-0.4, -0.2) is 67.0 Å². The fourth-order valence-electron chi connectivity index (χ4n) is 6.18. The van der Waals surface area contributed by atoms with E-state index in [0.29, 0.717) is 24.9 Å². The number of ether oxygens (including phenoxy) is 2. The minimum atomic E-state index is -0.943. The average Bonchev–Trinajstić information content (AvgIpc) is 3.14. The first-order valence-corrected chi connectivity index (χ1v) is 12.7. The lowest BCUT2D eigenvalue weighted by atomic mass is 9.85. The van der Waals surface area contributed by atoms with E-state index < -0.39 is 11.7 Å². The number of carbonyl (C=O) groups is 1. The third-order valence-corrected chi connectivity index (χ3v) is 9.05. The molecule has 182 valence electrons. The van der Waals surface area contributed by atoms with Crippen molar-refractivity contribution in [3.8, 4) is 0 Å². The molecule has 8 heteroatoms. The Morgan fingerprint density at radius 2 is 2.03 bits per heavy atom. The van der Waals surface area contributed by atoms with Crippen LogP contribution < -0.4 is 5.32 Å². The molecular formula is C26H31ClFN3O3. The number of likely N-dealkylation sites (tertiary alicyclic amines) is 1. The minimum Gasteiger partial charge on any atom is -0.381 e. The Balaban J connectivity index is 1.16. The van der Waals surface area contributed by atoms with E-state index in [9.17, 15) is 9.18 Å². The molecule has 1 saturated carbocycles. The smallest absolute Gasteiger partial charge is 0.229 e. The molecule has 1 spiro atoms. The van der Waals surface area contributed by atoms with Crippen LogP contribution in [0, 0.1) is 11.3 Å². The van der Waals surface area contributed by atoms with Gasteiger partial charge >= 0.3 is 0 Å². The number of hydrogen-bond donors (Lipinski definition) is 1. The normalized spacial score (nSPS) is 34.2. The number of hydrogen-bond acceptors (Lipinski definition) is 5. The van der Waals surface area contributed by atoms with Gasteiger partial charge in [0, 0.05) is 34.5 Å². The molecule has 1 aromatic heterocycles. The van der Waals surface area contributed by atoms with Crippen LogP contribution in [0.1, 0.15) is 44.1 Å². The number of amides is 1. The first-order valence-electron chi connectivity index (χ1n) is 12.3. The maximum Gasteiger partial charge on any atom is 0.229 e. The lowest BCUT2D eigenvalue weighted by molar-refractivity contribution is -0.118. The van der Waals surface area contributed by atoms with Gasteiger partial charge in [-0.3, -0.25) is 9.69 Å². The van der Waals surface area contributed by atoms with Crippen LogP contribution in [0.4, 0.5) is 10.2 Å². The van der Waals surface area contributed by atoms with Crippen molar-refractivity contribution >= 4 is 34.1 Å². The van der Waals surface area contributed by atoms with E-state index in [-0.39, 0.29) is 23.8 Å². The SMILES string of the molecule is C[C@]1(N2CCC(c3cc4cc(NC(=O)C5CC56CCOC6)ncc4cc3Cl)CC2)COC[C@H]1F. The quantitative estimate of drug-likeness (QED) is 0.685. The van der Waals surface area contributed by atoms with Gasteiger partial charge in [0.15, 0.2) is 0 Å². The molecule has 2 unspecified atom stereocenters. The van der Waals surface area contributed by atoms with E-state index in [1.807, 2.05) is 19.1 Å². The molecule has 4 aliphatic rings. The molecule has 1 N–H and O–H groups in total. The van der Waals surface area contributed by atoms with Crippen LogP contribution in [0.15, 0.2) is 24.4 Å². The van der Waals surface area contributed by atoms with Crippen molar-refractivity contribution in [3.05, 3.63) is 35.0 Å². The third kappa shape index (κ3) is 3.81. The number of rotatable bonds is 4. The van der Waals surface area contributed by atoms with Crippen molar-refractivity contribution in [2.45, 2.75) is 50.2 Å². The van der Waals surface area contributed by atoms with Gasteiger partial charge in [-0.25, -0.2) is 9.37 Å². The predicted molar refractivity (Wildman–Crippen MR) is 129 cm³/mol. The minimum absolute atomic E-state index is 0.0227. The van der Waals surface area contributed by atoms with Gasteiger partial charge in [0.05, 0.1) is 25.4 Å². The van der Waals surface area contributed by atoms with Gasteiger partial charge in [0.25, 0.3) is 0 Å². The Morgan fingerprint density at radius 3 is 2.74 bits per heavy atom. The van der Waals surface area contributed by atoms with Crippen molar-refractivity contribution in [1.82, 2.24) is 9.88 Å². The van der Waals surface area contributed by atoms with Gasteiger partial charge < -0.3 is 14.8 Å². The molecule has 6 nitrogen and oxygen atoms in total. The van der Waals surface area contributed by atoms with Gasteiger partial charge in [0.2, 0.25) is 5.91 Å². The number of halogens is 2. The summed E-state index contributed by atoms with van der Waals surface area (Å²) in [5, 5.41) is 5.72. The monoisotopic (exact) mass is 487 g/mol. The highest BCUT2D eigenvalue weighted by atomic mass is 35.5. The third-order valence-electron chi connectivity index (χ3n) is 8.72. The second-order valence-electron chi connectivity index (χ2n) is 10.8. The van der Waals surface area contributed by atoms with Crippen molar-refractivity contribution in [2.75, 3.05) is 44.8 Å². The molecule has 4 atom stereocenters. The van der Waals surface area contributed by atoms with E-state index in [1.54, 1.807) is 6.20 Å². The summed E-state index contributed by atoms with van der Waals surface area (Å²) in [6.45, 7) is 5.70. The fourth-order valence-corrected chi connectivity index (χ4v) is 6.51. The summed E-state index contributed by atoms with van der Waals surface area (Å²) in [5.41, 5.74) is 0.647. The van der Waals surface area contributed by atoms with Crippen molar-refractivity contribution < 1.29 is 18.7 Å². The summed E-state index contributed by atoms with van der Waals surface area (Å²) < 4.78 is 25.4. The van der Waals surface area contributed by atoms with Crippen molar-refractivity contribution in [2.24, 2.45) is 11.3 Å². The number of alkyl halides is 1. The standard InChI is InChI=1S/C26H31ClFN3O3/c1-25(14-34-13-22(25)28)31-5-2-16(3-6-31)19-8-17-10-23(29-12-18(17)9-21(19)27)30-24(32)20-11-26(20)4-7-33-15-26/h8-10,12,16,20,22H,2-7,11,13-15H2,1H3,(H,29,30,32)/t20?,22-,25+,26?/m1/s1. The number of aromatic nitrogens is 1. The highest BCUT2D eigenvalue weighted by Gasteiger charge is 2.59. The fraction of sp³-hybridized carbons (Fsp3) is 0.615. The highest BCUT2D eigenvalue weighted by molar-refractivity contribution is 6.32. The molecule has 1 aromatic carbocycles. The van der Waals surface area contributed by atoms with Crippen LogP contribution in [0.2, 0.25) is 5.02 Å². The van der Waals surface area contributed by atoms with E-state index in [1.165, 1.54) is 0 Å². The molecule has 4 fully saturated rings. The molecule has 0 radical (unpaired) electrons. The van der Waals surface area contributed by atoms with Gasteiger partial charge in [-0.15, -0.1) is 0 Å². The second-order valence-corrected chi connectivity index (χ2v) is 11.2. The van der Waals surface area contributed by atoms with Crippen molar-refractivity contribution in [3.63, 3.8) is 0 Å². The summed E-state index contributed by atoms with van der Waals surface area (Å²) in [5.74, 6) is 0.950. The summed E-state index contributed by atoms with van der Waals surface area (Å²) in [6.07, 6.45) is 4.55. The second kappa shape index (κ2) is 8.40. The van der Waals surface area contributed by atoms with Crippen LogP contribution in [0.25, 0.3) is 10.8 Å². The molecule has 4 heterocycles. The number of anilines is 1. The lowest BCUT2D eigenvalue weighted by Gasteiger charge is -2.43. The van der Waals surface area contributed by atoms with Crippen molar-refractivity contribution in [1.29, 1.82) is 0 Å². The molecule has 6 rings (SSSR count). The van der Waals surface area contributed by atoms with Crippen LogP contribution >= 0.6 is 11.6 Å². The Kier molecular flexibility index (Phi) is 5.60. The van der Waals surface area contributed by atoms with E-state index in [4.69, 9.17) is 21.1 Å². The molecule has 2 aromatic rings. The number of nitrogens with one attached hydrogen (secondary N) is 1. The molecule has 0 bridgehead atoms. The molecular weight excluding hydrogens is 457 g/mol. The highest BCUT2D eigenvalue weighted by Crippen LogP contribution is 2.58. The first kappa shape index (κ1) is 22.7. The Labute approximate surface area is 204 Å². The molecule has 1 aliphatic carbocycles. The van der Waals surface area contributed by atoms with E-state index >= 15 is 0 Å². The molecule has 3 saturated heterocycles. The summed E-state index contributed by atoms with van der Waals surface area (Å²) in [4.78, 5) is 19.5. The number of pyridine rings is 1. The van der Waals surface area contributed by atoms with Crippen LogP contribution in [-0.2, 0) is 14.3 Å². The Bertz CT molecular complexity index is 1120. The first-order chi connectivity index (χ1) is 16.4. The Hall–Kier alpha value is -1.80. The maximum absolute atomic E-state index is 14.5. The number of nitrogens with zero attached hydrogens (tertiary/aromatic N) is 2. The topological polar surface area (TPSA) is 63.7 Å². The summed E-state index contributed by atoms with van der Waals surface area (Å²) in [6, 6.07) is 6.04. The average molecular weight is 488 g/mol. The van der Waals surface area contributed by atoms with E-state index in [2.05, 4.69) is 21.3 Å². The molecule has 34 heavy (non-hydrogen) atoms. The zero-order valence-corrected chi connectivity index (χ0v) is 20.2. The maximum atomic E-state index is 14.5. The Morgan fingerprint density at radius 1 is 1.21 bits per heavy atom. The predicted octanol–water partition coefficient (Wildman–Crippen LogP) is 4.56. The summed E-state index contributed by atoms with van der Waals surface area (Å²) in [7, 11) is 0. The van der Waals surface area contributed by atoms with Gasteiger partial charge in [-0.2, -0.15) is 0 Å². The van der Waals surface area contributed by atoms with Gasteiger partial charge in [-0.05, 0) is 80.8 Å². The number of fused-ring (bicyclic) bond motifs is 1. The zero-order chi connectivity index (χ0) is 23.5. The number of benzene rings is 1. The number of carbonyl (C=O) groups excluding carboxylic acids is 1. The zero-order valence-electron chi connectivity index (χ0n) is 19.5. The van der Waals surface area contributed by atoms with Crippen LogP contribution in [0.3, 0.4) is 0 Å². The van der Waals surface area contributed by atoms with Crippen LogP contribution in [0.5, 0.6) is 0 Å². The summed E-state index contributed by atoms with van der Waals surface area (Å²) >= 11 is 6.69. The lowest BCUT2D eigenvalue weighted by Crippen LogP contribution is -2.55. The van der Waals surface area contributed by atoms with E-state index in [0.717, 1.165) is 66.7 Å². The number of piperidine rings is 1. The largest absolute Gasteiger partial charge is 0.381 e.